The highest BCUT2D eigenvalue weighted by atomic mass is 32.1. The molecule has 0 saturated carbocycles. The number of anilines is 1. The predicted molar refractivity (Wildman–Crippen MR) is 118 cm³/mol. The Hall–Kier alpha value is -2.55. The first-order valence-electron chi connectivity index (χ1n) is 9.71. The number of rotatable bonds is 7. The minimum Gasteiger partial charge on any atom is -0.370 e. The van der Waals surface area contributed by atoms with Gasteiger partial charge in [-0.2, -0.15) is 0 Å². The van der Waals surface area contributed by atoms with E-state index in [4.69, 9.17) is 5.73 Å². The Kier molecular flexibility index (Phi) is 6.26. The van der Waals surface area contributed by atoms with Crippen LogP contribution < -0.4 is 10.6 Å². The molecule has 2 N–H and O–H groups in total. The summed E-state index contributed by atoms with van der Waals surface area (Å²) in [7, 11) is 0. The van der Waals surface area contributed by atoms with Gasteiger partial charge in [-0.1, -0.05) is 6.07 Å². The topological polar surface area (TPSA) is 66.6 Å². The van der Waals surface area contributed by atoms with Crippen LogP contribution >= 0.6 is 22.7 Å². The Bertz CT molecular complexity index is 1020. The van der Waals surface area contributed by atoms with E-state index in [9.17, 15) is 14.0 Å². The van der Waals surface area contributed by atoms with Crippen LogP contribution in [0.4, 0.5) is 10.1 Å². The van der Waals surface area contributed by atoms with Gasteiger partial charge in [-0.15, -0.1) is 22.7 Å². The molecule has 1 aliphatic heterocycles. The number of fused-ring (bicyclic) bond motifs is 1. The van der Waals surface area contributed by atoms with Crippen LogP contribution in [0.1, 0.15) is 27.8 Å². The molecule has 30 heavy (non-hydrogen) atoms. The fraction of sp³-hybridized carbons (Fsp3) is 0.273. The third-order valence-corrected chi connectivity index (χ3v) is 7.16. The molecule has 0 spiro atoms. The highest BCUT2D eigenvalue weighted by Crippen LogP contribution is 2.39. The van der Waals surface area contributed by atoms with Crippen LogP contribution in [0.3, 0.4) is 0 Å². The van der Waals surface area contributed by atoms with E-state index in [1.165, 1.54) is 32.4 Å². The smallest absolute Gasteiger partial charge is 0.241 e. The highest BCUT2D eigenvalue weighted by molar-refractivity contribution is 7.10. The molecule has 2 aromatic heterocycles. The first kappa shape index (κ1) is 20.7. The average molecular weight is 444 g/mol. The van der Waals surface area contributed by atoms with Crippen molar-refractivity contribution < 1.29 is 14.0 Å². The lowest BCUT2D eigenvalue weighted by atomic mass is 9.98. The highest BCUT2D eigenvalue weighted by Gasteiger charge is 2.32. The number of hydrogen-bond donors (Lipinski definition) is 1. The molecule has 0 radical (unpaired) electrons. The van der Waals surface area contributed by atoms with Crippen molar-refractivity contribution >= 4 is 40.2 Å². The van der Waals surface area contributed by atoms with E-state index < -0.39 is 5.91 Å². The van der Waals surface area contributed by atoms with Crippen LogP contribution in [0.25, 0.3) is 0 Å². The van der Waals surface area contributed by atoms with Crippen molar-refractivity contribution in [3.63, 3.8) is 0 Å². The summed E-state index contributed by atoms with van der Waals surface area (Å²) in [6.07, 6.45) is 0.951. The van der Waals surface area contributed by atoms with Crippen LogP contribution in [-0.2, 0) is 16.0 Å². The molecular formula is C22H22FN3O2S2. The second kappa shape index (κ2) is 9.07. The van der Waals surface area contributed by atoms with Gasteiger partial charge in [-0.3, -0.25) is 14.5 Å². The molecule has 1 atom stereocenters. The maximum Gasteiger partial charge on any atom is 0.241 e. The molecule has 156 valence electrons. The van der Waals surface area contributed by atoms with Gasteiger partial charge in [0.2, 0.25) is 11.8 Å². The summed E-state index contributed by atoms with van der Waals surface area (Å²) in [6.45, 7) is 1.14. The summed E-state index contributed by atoms with van der Waals surface area (Å²) in [4.78, 5) is 30.9. The van der Waals surface area contributed by atoms with Gasteiger partial charge in [0.05, 0.1) is 12.6 Å². The standard InChI is InChI=1S/C22H22FN3O2S2/c23-15-3-5-16(6-4-15)26(11-8-20(24)27)21(28)14-25-10-7-18-17(9-13-30-18)22(25)19-2-1-12-29-19/h1-6,9,12-13,22H,7-8,10-11,14H2,(H2,24,27)/t22-/m0/s1. The van der Waals surface area contributed by atoms with E-state index in [-0.39, 0.29) is 37.3 Å². The van der Waals surface area contributed by atoms with Crippen molar-refractivity contribution in [1.29, 1.82) is 0 Å². The van der Waals surface area contributed by atoms with Gasteiger partial charge >= 0.3 is 0 Å². The fourth-order valence-corrected chi connectivity index (χ4v) is 5.60. The van der Waals surface area contributed by atoms with Gasteiger partial charge < -0.3 is 10.6 Å². The van der Waals surface area contributed by atoms with Gasteiger partial charge in [-0.25, -0.2) is 4.39 Å². The van der Waals surface area contributed by atoms with Crippen molar-refractivity contribution in [3.8, 4) is 0 Å². The molecular weight excluding hydrogens is 421 g/mol. The van der Waals surface area contributed by atoms with E-state index in [0.717, 1.165) is 13.0 Å². The average Bonchev–Trinajstić information content (AvgIpc) is 3.41. The first-order valence-corrected chi connectivity index (χ1v) is 11.5. The molecule has 1 aromatic carbocycles. The molecule has 0 saturated heterocycles. The largest absolute Gasteiger partial charge is 0.370 e. The molecule has 8 heteroatoms. The summed E-state index contributed by atoms with van der Waals surface area (Å²) < 4.78 is 13.4. The second-order valence-corrected chi connectivity index (χ2v) is 9.16. The van der Waals surface area contributed by atoms with Crippen LogP contribution in [-0.4, -0.2) is 36.3 Å². The number of benzene rings is 1. The molecule has 0 unspecified atom stereocenters. The number of carbonyl (C=O) groups excluding carboxylic acids is 2. The van der Waals surface area contributed by atoms with Crippen molar-refractivity contribution in [2.45, 2.75) is 18.9 Å². The molecule has 0 aliphatic carbocycles. The lowest BCUT2D eigenvalue weighted by molar-refractivity contribution is -0.120. The fourth-order valence-electron chi connectivity index (χ4n) is 3.82. The molecule has 4 rings (SSSR count). The number of thiophene rings is 2. The summed E-state index contributed by atoms with van der Waals surface area (Å²) in [5, 5.41) is 4.15. The molecule has 3 aromatic rings. The maximum atomic E-state index is 13.4. The van der Waals surface area contributed by atoms with E-state index in [2.05, 4.69) is 22.4 Å². The lowest BCUT2D eigenvalue weighted by Crippen LogP contribution is -2.45. The van der Waals surface area contributed by atoms with Crippen molar-refractivity contribution in [1.82, 2.24) is 4.90 Å². The summed E-state index contributed by atoms with van der Waals surface area (Å²) in [5.74, 6) is -0.991. The number of halogens is 1. The van der Waals surface area contributed by atoms with Crippen molar-refractivity contribution in [3.05, 3.63) is 74.4 Å². The first-order chi connectivity index (χ1) is 14.5. The zero-order valence-electron chi connectivity index (χ0n) is 16.3. The molecule has 2 amide bonds. The number of nitrogens with zero attached hydrogens (tertiary/aromatic N) is 2. The number of primary amides is 1. The van der Waals surface area contributed by atoms with Crippen LogP contribution in [0.2, 0.25) is 0 Å². The Morgan fingerprint density at radius 2 is 1.93 bits per heavy atom. The minimum absolute atomic E-state index is 0.0372. The van der Waals surface area contributed by atoms with E-state index in [1.54, 1.807) is 34.8 Å². The summed E-state index contributed by atoms with van der Waals surface area (Å²) >= 11 is 3.44. The zero-order chi connectivity index (χ0) is 21.1. The number of nitrogens with two attached hydrogens (primary N) is 1. The van der Waals surface area contributed by atoms with Gasteiger partial charge in [0.1, 0.15) is 5.82 Å². The third-order valence-electron chi connectivity index (χ3n) is 5.24. The summed E-state index contributed by atoms with van der Waals surface area (Å²) in [5.41, 5.74) is 7.13. The molecule has 5 nitrogen and oxygen atoms in total. The van der Waals surface area contributed by atoms with Crippen LogP contribution in [0.5, 0.6) is 0 Å². The van der Waals surface area contributed by atoms with Gasteiger partial charge in [0.25, 0.3) is 0 Å². The Balaban J connectivity index is 1.59. The van der Waals surface area contributed by atoms with Crippen LogP contribution in [0, 0.1) is 5.82 Å². The lowest BCUT2D eigenvalue weighted by Gasteiger charge is -2.36. The van der Waals surface area contributed by atoms with Crippen molar-refractivity contribution in [2.75, 3.05) is 24.5 Å². The molecule has 0 fully saturated rings. The SMILES string of the molecule is NC(=O)CCN(C(=O)CN1CCc2sccc2[C@H]1c1cccs1)c1ccc(F)cc1. The number of carbonyl (C=O) groups is 2. The molecule has 0 bridgehead atoms. The van der Waals surface area contributed by atoms with E-state index in [0.29, 0.717) is 5.69 Å². The maximum absolute atomic E-state index is 13.4. The van der Waals surface area contributed by atoms with E-state index >= 15 is 0 Å². The van der Waals surface area contributed by atoms with Gasteiger partial charge in [0.15, 0.2) is 0 Å². The zero-order valence-corrected chi connectivity index (χ0v) is 17.9. The van der Waals surface area contributed by atoms with Gasteiger partial charge in [0, 0.05) is 35.0 Å². The molecule has 1 aliphatic rings. The third kappa shape index (κ3) is 4.45. The Morgan fingerprint density at radius 3 is 2.63 bits per heavy atom. The number of hydrogen-bond acceptors (Lipinski definition) is 5. The predicted octanol–water partition coefficient (Wildman–Crippen LogP) is 3.80. The normalized spacial score (nSPS) is 16.2. The van der Waals surface area contributed by atoms with Crippen molar-refractivity contribution in [2.24, 2.45) is 5.73 Å². The van der Waals surface area contributed by atoms with E-state index in [1.807, 2.05) is 11.4 Å². The number of amides is 2. The summed E-state index contributed by atoms with van der Waals surface area (Å²) in [6, 6.07) is 12.0. The minimum atomic E-state index is -0.479. The second-order valence-electron chi connectivity index (χ2n) is 7.18. The molecule has 3 heterocycles. The monoisotopic (exact) mass is 443 g/mol. The van der Waals surface area contributed by atoms with Crippen LogP contribution in [0.15, 0.2) is 53.2 Å². The quantitative estimate of drug-likeness (QED) is 0.604. The Labute approximate surface area is 182 Å². The Morgan fingerprint density at radius 1 is 1.13 bits per heavy atom. The van der Waals surface area contributed by atoms with Gasteiger partial charge in [-0.05, 0) is 59.1 Å².